The number of nitrogens with zero attached hydrogens (tertiary/aromatic N) is 2. The number of non-ortho nitro benzene ring substituents is 2. The van der Waals surface area contributed by atoms with Crippen LogP contribution in [0.4, 0.5) is 11.4 Å². The Morgan fingerprint density at radius 3 is 2.14 bits per heavy atom. The molecule has 0 amide bonds. The summed E-state index contributed by atoms with van der Waals surface area (Å²) in [5.41, 5.74) is 0.619. The Labute approximate surface area is 124 Å². The van der Waals surface area contributed by atoms with Crippen LogP contribution < -0.4 is 0 Å². The second-order valence-electron chi connectivity index (χ2n) is 4.35. The normalized spacial score (nSPS) is 10.5. The van der Waals surface area contributed by atoms with Crippen molar-refractivity contribution < 1.29 is 14.6 Å². The number of benzene rings is 2. The number of rotatable bonds is 5. The molecule has 2 aromatic rings. The van der Waals surface area contributed by atoms with E-state index in [0.29, 0.717) is 5.56 Å². The van der Waals surface area contributed by atoms with Gasteiger partial charge in [-0.1, -0.05) is 18.2 Å². The molecule has 7 heteroatoms. The zero-order chi connectivity index (χ0) is 16.1. The van der Waals surface area contributed by atoms with Gasteiger partial charge in [0, 0.05) is 29.8 Å². The van der Waals surface area contributed by atoms with Gasteiger partial charge in [0.15, 0.2) is 5.78 Å². The number of nitro benzene ring substituents is 2. The first-order valence-electron chi connectivity index (χ1n) is 6.19. The predicted molar refractivity (Wildman–Crippen MR) is 79.6 cm³/mol. The second-order valence-corrected chi connectivity index (χ2v) is 4.35. The third-order valence-corrected chi connectivity index (χ3v) is 2.87. The van der Waals surface area contributed by atoms with E-state index in [9.17, 15) is 25.0 Å². The number of nitro groups is 2. The highest BCUT2D eigenvalue weighted by molar-refractivity contribution is 6.07. The van der Waals surface area contributed by atoms with Gasteiger partial charge in [0.2, 0.25) is 0 Å². The Hall–Kier alpha value is -3.35. The van der Waals surface area contributed by atoms with Crippen molar-refractivity contribution in [2.75, 3.05) is 0 Å². The minimum absolute atomic E-state index is 0.0397. The number of carbonyl (C=O) groups is 1. The minimum atomic E-state index is -0.573. The van der Waals surface area contributed by atoms with Crippen molar-refractivity contribution in [3.05, 3.63) is 86.0 Å². The SMILES string of the molecule is O=C(/C=C\c1ccc([N+](=O)[O-])cc1)c1cccc([N+](=O)[O-])c1. The molecule has 0 aliphatic rings. The average molecular weight is 298 g/mol. The van der Waals surface area contributed by atoms with Crippen molar-refractivity contribution in [3.63, 3.8) is 0 Å². The second kappa shape index (κ2) is 6.40. The van der Waals surface area contributed by atoms with Gasteiger partial charge in [-0.15, -0.1) is 0 Å². The molecule has 2 aromatic carbocycles. The van der Waals surface area contributed by atoms with Crippen molar-refractivity contribution in [1.29, 1.82) is 0 Å². The molecule has 0 aliphatic heterocycles. The first kappa shape index (κ1) is 15.0. The summed E-state index contributed by atoms with van der Waals surface area (Å²) in [4.78, 5) is 32.1. The predicted octanol–water partition coefficient (Wildman–Crippen LogP) is 3.40. The number of ketones is 1. The largest absolute Gasteiger partial charge is 0.289 e. The molecule has 22 heavy (non-hydrogen) atoms. The van der Waals surface area contributed by atoms with Gasteiger partial charge in [-0.05, 0) is 23.8 Å². The summed E-state index contributed by atoms with van der Waals surface area (Å²) >= 11 is 0. The van der Waals surface area contributed by atoms with Crippen molar-refractivity contribution in [1.82, 2.24) is 0 Å². The van der Waals surface area contributed by atoms with Crippen LogP contribution in [0, 0.1) is 20.2 Å². The summed E-state index contributed by atoms with van der Waals surface area (Å²) in [7, 11) is 0. The molecule has 7 nitrogen and oxygen atoms in total. The fourth-order valence-corrected chi connectivity index (χ4v) is 1.75. The van der Waals surface area contributed by atoms with E-state index in [2.05, 4.69) is 0 Å². The van der Waals surface area contributed by atoms with Gasteiger partial charge < -0.3 is 0 Å². The van der Waals surface area contributed by atoms with Gasteiger partial charge in [0.1, 0.15) is 0 Å². The number of carbonyl (C=O) groups excluding carboxylic acids is 1. The molecule has 110 valence electrons. The van der Waals surface area contributed by atoms with Crippen molar-refractivity contribution >= 4 is 23.2 Å². The van der Waals surface area contributed by atoms with Gasteiger partial charge in [0.25, 0.3) is 11.4 Å². The monoisotopic (exact) mass is 298 g/mol. The lowest BCUT2D eigenvalue weighted by molar-refractivity contribution is -0.385. The van der Waals surface area contributed by atoms with Gasteiger partial charge in [-0.3, -0.25) is 25.0 Å². The first-order valence-corrected chi connectivity index (χ1v) is 6.19. The maximum absolute atomic E-state index is 12.0. The molecular formula is C15H10N2O5. The van der Waals surface area contributed by atoms with Crippen LogP contribution in [0.25, 0.3) is 6.08 Å². The van der Waals surface area contributed by atoms with Crippen molar-refractivity contribution in [2.24, 2.45) is 0 Å². The Morgan fingerprint density at radius 1 is 0.909 bits per heavy atom. The van der Waals surface area contributed by atoms with E-state index in [4.69, 9.17) is 0 Å². The number of hydrogen-bond acceptors (Lipinski definition) is 5. The molecule has 0 saturated carbocycles. The molecule has 0 unspecified atom stereocenters. The molecule has 0 atom stereocenters. The summed E-state index contributed by atoms with van der Waals surface area (Å²) < 4.78 is 0. The third-order valence-electron chi connectivity index (χ3n) is 2.87. The molecule has 0 N–H and O–H groups in total. The lowest BCUT2D eigenvalue weighted by atomic mass is 10.1. The van der Waals surface area contributed by atoms with Crippen molar-refractivity contribution in [2.45, 2.75) is 0 Å². The van der Waals surface area contributed by atoms with Crippen LogP contribution in [0.5, 0.6) is 0 Å². The Morgan fingerprint density at radius 2 is 1.55 bits per heavy atom. The molecular weight excluding hydrogens is 288 g/mol. The fourth-order valence-electron chi connectivity index (χ4n) is 1.75. The van der Waals surface area contributed by atoms with E-state index in [1.165, 1.54) is 60.7 Å². The zero-order valence-electron chi connectivity index (χ0n) is 11.2. The van der Waals surface area contributed by atoms with Crippen LogP contribution in [0.2, 0.25) is 0 Å². The maximum Gasteiger partial charge on any atom is 0.270 e. The molecule has 0 radical (unpaired) electrons. The summed E-state index contributed by atoms with van der Waals surface area (Å²) in [5, 5.41) is 21.2. The van der Waals surface area contributed by atoms with Crippen LogP contribution >= 0.6 is 0 Å². The summed E-state index contributed by atoms with van der Waals surface area (Å²) in [6.45, 7) is 0. The van der Waals surface area contributed by atoms with Crippen LogP contribution in [0.3, 0.4) is 0 Å². The molecule has 0 aromatic heterocycles. The summed E-state index contributed by atoms with van der Waals surface area (Å²) in [5.74, 6) is -0.387. The smallest absolute Gasteiger partial charge is 0.270 e. The summed E-state index contributed by atoms with van der Waals surface area (Å²) in [6.07, 6.45) is 2.76. The fraction of sp³-hybridized carbons (Fsp3) is 0. The van der Waals surface area contributed by atoms with E-state index in [1.807, 2.05) is 0 Å². The highest BCUT2D eigenvalue weighted by Gasteiger charge is 2.09. The van der Waals surface area contributed by atoms with Crippen LogP contribution in [-0.4, -0.2) is 15.6 Å². The Bertz CT molecular complexity index is 766. The van der Waals surface area contributed by atoms with Crippen molar-refractivity contribution in [3.8, 4) is 0 Å². The molecule has 0 bridgehead atoms. The van der Waals surface area contributed by atoms with Crippen LogP contribution in [-0.2, 0) is 0 Å². The number of allylic oxidation sites excluding steroid dienone is 1. The zero-order valence-corrected chi connectivity index (χ0v) is 11.2. The molecule has 2 rings (SSSR count). The Kier molecular flexibility index (Phi) is 4.38. The van der Waals surface area contributed by atoms with Gasteiger partial charge in [0.05, 0.1) is 9.85 Å². The quantitative estimate of drug-likeness (QED) is 0.364. The molecule has 0 spiro atoms. The lowest BCUT2D eigenvalue weighted by Crippen LogP contribution is -1.96. The molecule has 0 aliphatic carbocycles. The molecule has 0 fully saturated rings. The van der Waals surface area contributed by atoms with E-state index in [0.717, 1.165) is 0 Å². The van der Waals surface area contributed by atoms with E-state index in [-0.39, 0.29) is 22.7 Å². The highest BCUT2D eigenvalue weighted by Crippen LogP contribution is 2.16. The van der Waals surface area contributed by atoms with Gasteiger partial charge in [-0.25, -0.2) is 0 Å². The van der Waals surface area contributed by atoms with Gasteiger partial charge >= 0.3 is 0 Å². The minimum Gasteiger partial charge on any atom is -0.289 e. The molecule has 0 heterocycles. The summed E-state index contributed by atoms with van der Waals surface area (Å²) in [6, 6.07) is 11.1. The van der Waals surface area contributed by atoms with Crippen LogP contribution in [0.1, 0.15) is 15.9 Å². The van der Waals surface area contributed by atoms with E-state index >= 15 is 0 Å². The van der Waals surface area contributed by atoms with Gasteiger partial charge in [-0.2, -0.15) is 0 Å². The Balaban J connectivity index is 2.15. The average Bonchev–Trinajstić information content (AvgIpc) is 2.53. The third kappa shape index (κ3) is 3.60. The number of hydrogen-bond donors (Lipinski definition) is 0. The maximum atomic E-state index is 12.0. The van der Waals surface area contributed by atoms with Crippen LogP contribution in [0.15, 0.2) is 54.6 Å². The van der Waals surface area contributed by atoms with E-state index in [1.54, 1.807) is 0 Å². The topological polar surface area (TPSA) is 103 Å². The standard InChI is InChI=1S/C15H10N2O5/c18-15(12-2-1-3-14(10-12)17(21)22)9-6-11-4-7-13(8-5-11)16(19)20/h1-10H/b9-6-. The first-order chi connectivity index (χ1) is 10.5. The van der Waals surface area contributed by atoms with E-state index < -0.39 is 9.85 Å². The highest BCUT2D eigenvalue weighted by atomic mass is 16.6. The lowest BCUT2D eigenvalue weighted by Gasteiger charge is -1.97. The molecule has 0 saturated heterocycles.